The van der Waals surface area contributed by atoms with Crippen molar-refractivity contribution in [2.75, 3.05) is 13.1 Å². The number of carbonyl (C=O) groups is 1. The average Bonchev–Trinajstić information content (AvgIpc) is 3.74. The van der Waals surface area contributed by atoms with E-state index in [1.807, 2.05) is 42.5 Å². The van der Waals surface area contributed by atoms with Gasteiger partial charge >= 0.3 is 0 Å². The van der Waals surface area contributed by atoms with Gasteiger partial charge in [0.1, 0.15) is 4.75 Å². The molecule has 33 heavy (non-hydrogen) atoms. The lowest BCUT2D eigenvalue weighted by molar-refractivity contribution is -0.133. The van der Waals surface area contributed by atoms with E-state index in [9.17, 15) is 14.2 Å². The summed E-state index contributed by atoms with van der Waals surface area (Å²) < 4.78 is 12.5. The van der Waals surface area contributed by atoms with E-state index in [1.165, 1.54) is 18.4 Å². The zero-order chi connectivity index (χ0) is 22.8. The van der Waals surface area contributed by atoms with Crippen LogP contribution in [0, 0.1) is 0 Å². The lowest BCUT2D eigenvalue weighted by Gasteiger charge is -2.39. The van der Waals surface area contributed by atoms with Crippen molar-refractivity contribution in [2.24, 2.45) is 0 Å². The van der Waals surface area contributed by atoms with Crippen LogP contribution in [0.25, 0.3) is 22.3 Å². The molecule has 0 spiro atoms. The summed E-state index contributed by atoms with van der Waals surface area (Å²) in [7, 11) is -1.56. The highest BCUT2D eigenvalue weighted by Gasteiger charge is 2.49. The van der Waals surface area contributed by atoms with Gasteiger partial charge in [-0.1, -0.05) is 66.7 Å². The van der Waals surface area contributed by atoms with Crippen LogP contribution in [-0.4, -0.2) is 44.1 Å². The van der Waals surface area contributed by atoms with E-state index in [1.54, 1.807) is 5.48 Å². The van der Waals surface area contributed by atoms with Crippen molar-refractivity contribution in [2.45, 2.75) is 41.4 Å². The highest BCUT2D eigenvalue weighted by atomic mass is 32.2. The fourth-order valence-corrected chi connectivity index (χ4v) is 6.37. The molecule has 5 rings (SSSR count). The molecule has 5 nitrogen and oxygen atoms in total. The van der Waals surface area contributed by atoms with Crippen molar-refractivity contribution in [3.63, 3.8) is 0 Å². The fourth-order valence-electron chi connectivity index (χ4n) is 4.77. The molecule has 2 N–H and O–H groups in total. The quantitative estimate of drug-likeness (QED) is 0.416. The van der Waals surface area contributed by atoms with Gasteiger partial charge < -0.3 is 4.90 Å². The van der Waals surface area contributed by atoms with Gasteiger partial charge in [0.25, 0.3) is 5.91 Å². The fraction of sp³-hybridized carbons (Fsp3) is 0.296. The summed E-state index contributed by atoms with van der Waals surface area (Å²) in [5, 5.41) is 9.39. The summed E-state index contributed by atoms with van der Waals surface area (Å²) in [4.78, 5) is 15.7. The Morgan fingerprint density at radius 2 is 1.30 bits per heavy atom. The lowest BCUT2D eigenvalue weighted by atomic mass is 9.94. The minimum absolute atomic E-state index is 0.477. The van der Waals surface area contributed by atoms with E-state index in [4.69, 9.17) is 0 Å². The molecule has 2 fully saturated rings. The molecule has 1 saturated heterocycles. The number of hydrogen-bond donors (Lipinski definition) is 2. The van der Waals surface area contributed by atoms with Crippen LogP contribution in [0.4, 0.5) is 0 Å². The smallest absolute Gasteiger partial charge is 0.262 e. The summed E-state index contributed by atoms with van der Waals surface area (Å²) in [6, 6.07) is 26.8. The van der Waals surface area contributed by atoms with Crippen LogP contribution in [0.2, 0.25) is 0 Å². The number of nitrogens with zero attached hydrogens (tertiary/aromatic N) is 1. The van der Waals surface area contributed by atoms with Crippen molar-refractivity contribution in [3.8, 4) is 22.3 Å². The number of nitrogens with one attached hydrogen (secondary N) is 1. The van der Waals surface area contributed by atoms with Crippen LogP contribution >= 0.6 is 0 Å². The maximum atomic E-state index is 13.6. The Morgan fingerprint density at radius 1 is 0.818 bits per heavy atom. The molecule has 170 valence electrons. The highest BCUT2D eigenvalue weighted by molar-refractivity contribution is 7.87. The Kier molecular flexibility index (Phi) is 6.15. The van der Waals surface area contributed by atoms with Crippen molar-refractivity contribution in [3.05, 3.63) is 78.9 Å². The second kappa shape index (κ2) is 9.21. The normalized spacial score (nSPS) is 19.1. The third-order valence-electron chi connectivity index (χ3n) is 6.93. The molecule has 1 amide bonds. The molecule has 0 aromatic heterocycles. The number of hydrogen-bond acceptors (Lipinski definition) is 4. The van der Waals surface area contributed by atoms with Crippen molar-refractivity contribution in [1.29, 1.82) is 0 Å². The Hall–Kier alpha value is -2.80. The lowest BCUT2D eigenvalue weighted by Crippen LogP contribution is -2.56. The van der Waals surface area contributed by atoms with E-state index in [0.29, 0.717) is 23.8 Å². The number of rotatable bonds is 6. The minimum atomic E-state index is -1.56. The van der Waals surface area contributed by atoms with Crippen LogP contribution in [0.3, 0.4) is 0 Å². The van der Waals surface area contributed by atoms with Crippen LogP contribution < -0.4 is 5.48 Å². The number of benzene rings is 3. The van der Waals surface area contributed by atoms with Gasteiger partial charge in [0, 0.05) is 24.0 Å². The van der Waals surface area contributed by atoms with Gasteiger partial charge in [-0.05, 0) is 60.1 Å². The Labute approximate surface area is 196 Å². The Balaban J connectivity index is 1.34. The molecule has 2 aliphatic rings. The van der Waals surface area contributed by atoms with Crippen LogP contribution in [0.15, 0.2) is 83.8 Å². The first kappa shape index (κ1) is 22.0. The average molecular weight is 461 g/mol. The molecular weight excluding hydrogens is 432 g/mol. The summed E-state index contributed by atoms with van der Waals surface area (Å²) in [6.07, 6.45) is 3.36. The molecule has 6 heteroatoms. The van der Waals surface area contributed by atoms with Gasteiger partial charge in [-0.15, -0.1) is 0 Å². The molecular formula is C27H28N2O3S. The number of carbonyl (C=O) groups excluding carboxylic acids is 1. The van der Waals surface area contributed by atoms with Crippen molar-refractivity contribution < 1.29 is 14.2 Å². The molecule has 1 heterocycles. The number of hydroxylamine groups is 1. The third kappa shape index (κ3) is 4.38. The van der Waals surface area contributed by atoms with Crippen LogP contribution in [-0.2, 0) is 15.6 Å². The largest absolute Gasteiger partial charge is 0.300 e. The summed E-state index contributed by atoms with van der Waals surface area (Å²) >= 11 is 0. The topological polar surface area (TPSA) is 69.6 Å². The van der Waals surface area contributed by atoms with E-state index < -0.39 is 21.5 Å². The van der Waals surface area contributed by atoms with Crippen LogP contribution in [0.5, 0.6) is 0 Å². The first-order valence-corrected chi connectivity index (χ1v) is 12.6. The summed E-state index contributed by atoms with van der Waals surface area (Å²) in [5.74, 6) is -0.545. The SMILES string of the molecule is O=C(NO)C1(S(=O)c2ccc(-c3ccc(-c4ccccc4)cc3)cc2)CCN(C2CC2)CC1. The van der Waals surface area contributed by atoms with Crippen molar-refractivity contribution in [1.82, 2.24) is 10.4 Å². The number of likely N-dealkylation sites (tertiary alicyclic amines) is 1. The van der Waals surface area contributed by atoms with E-state index in [-0.39, 0.29) is 0 Å². The van der Waals surface area contributed by atoms with Gasteiger partial charge in [-0.3, -0.25) is 14.2 Å². The molecule has 1 aliphatic carbocycles. The molecule has 1 saturated carbocycles. The monoisotopic (exact) mass is 460 g/mol. The van der Waals surface area contributed by atoms with Crippen molar-refractivity contribution >= 4 is 16.7 Å². The number of piperidine rings is 1. The molecule has 1 aliphatic heterocycles. The Bertz CT molecular complexity index is 1130. The van der Waals surface area contributed by atoms with Gasteiger partial charge in [0.05, 0.1) is 10.8 Å². The van der Waals surface area contributed by atoms with E-state index >= 15 is 0 Å². The van der Waals surface area contributed by atoms with Gasteiger partial charge in [-0.2, -0.15) is 0 Å². The second-order valence-corrected chi connectivity index (χ2v) is 10.7. The first-order chi connectivity index (χ1) is 16.1. The molecule has 1 unspecified atom stereocenters. The van der Waals surface area contributed by atoms with E-state index in [2.05, 4.69) is 41.3 Å². The molecule has 0 bridgehead atoms. The zero-order valence-electron chi connectivity index (χ0n) is 18.4. The third-order valence-corrected chi connectivity index (χ3v) is 8.94. The summed E-state index contributed by atoms with van der Waals surface area (Å²) in [5.41, 5.74) is 6.23. The summed E-state index contributed by atoms with van der Waals surface area (Å²) in [6.45, 7) is 1.46. The maximum absolute atomic E-state index is 13.6. The predicted octanol–water partition coefficient (Wildman–Crippen LogP) is 4.63. The Morgan fingerprint density at radius 3 is 1.79 bits per heavy atom. The maximum Gasteiger partial charge on any atom is 0.262 e. The second-order valence-electron chi connectivity index (χ2n) is 8.94. The van der Waals surface area contributed by atoms with Gasteiger partial charge in [-0.25, -0.2) is 5.48 Å². The highest BCUT2D eigenvalue weighted by Crippen LogP contribution is 2.37. The number of amides is 1. The first-order valence-electron chi connectivity index (χ1n) is 11.5. The molecule has 0 radical (unpaired) electrons. The van der Waals surface area contributed by atoms with Crippen LogP contribution in [0.1, 0.15) is 25.7 Å². The molecule has 3 aromatic rings. The predicted molar refractivity (Wildman–Crippen MR) is 130 cm³/mol. The zero-order valence-corrected chi connectivity index (χ0v) is 19.3. The van der Waals surface area contributed by atoms with E-state index in [0.717, 1.165) is 29.8 Å². The van der Waals surface area contributed by atoms with Gasteiger partial charge in [0.2, 0.25) is 0 Å². The van der Waals surface area contributed by atoms with Gasteiger partial charge in [0.15, 0.2) is 0 Å². The minimum Gasteiger partial charge on any atom is -0.300 e. The molecule has 3 aromatic carbocycles. The standard InChI is InChI=1S/C27H28N2O3S/c30-26(28-31)27(16-18-29(19-17-27)24-12-13-24)33(32)25-14-10-23(11-15-25)22-8-6-21(7-9-22)20-4-2-1-3-5-20/h1-11,14-15,24,31H,12-13,16-19H2,(H,28,30). The molecule has 1 atom stereocenters.